The van der Waals surface area contributed by atoms with Crippen molar-refractivity contribution < 1.29 is 24.8 Å². The lowest BCUT2D eigenvalue weighted by molar-refractivity contribution is -0.263. The fraction of sp³-hybridized carbons (Fsp3) is 1.00. The highest BCUT2D eigenvalue weighted by molar-refractivity contribution is 4.93. The summed E-state index contributed by atoms with van der Waals surface area (Å²) in [5.41, 5.74) is 0. The van der Waals surface area contributed by atoms with Gasteiger partial charge in [0.25, 0.3) is 0 Å². The third-order valence-electron chi connectivity index (χ3n) is 6.52. The summed E-state index contributed by atoms with van der Waals surface area (Å²) in [4.78, 5) is 0. The van der Waals surface area contributed by atoms with E-state index in [1.807, 2.05) is 0 Å². The Morgan fingerprint density at radius 1 is 0.710 bits per heavy atom. The highest BCUT2D eigenvalue weighted by atomic mass is 16.7. The third-order valence-corrected chi connectivity index (χ3v) is 6.52. The average Bonchev–Trinajstić information content (AvgIpc) is 2.78. The molecule has 0 amide bonds. The summed E-state index contributed by atoms with van der Waals surface area (Å²) in [5, 5.41) is 32.8. The van der Waals surface area contributed by atoms with Crippen LogP contribution in [0.3, 0.4) is 0 Å². The molecule has 0 radical (unpaired) electrons. The minimum atomic E-state index is -1.11. The van der Waals surface area contributed by atoms with E-state index >= 15 is 0 Å². The van der Waals surface area contributed by atoms with Gasteiger partial charge in [-0.25, -0.2) is 0 Å². The van der Waals surface area contributed by atoms with E-state index in [4.69, 9.17) is 9.47 Å². The van der Waals surface area contributed by atoms with Gasteiger partial charge in [-0.15, -0.1) is 0 Å². The first-order valence-electron chi connectivity index (χ1n) is 13.0. The fourth-order valence-corrected chi connectivity index (χ4v) is 4.44. The topological polar surface area (TPSA) is 91.2 Å². The molecule has 1 rings (SSSR count). The van der Waals surface area contributed by atoms with Crippen molar-refractivity contribution in [3.8, 4) is 0 Å². The number of rotatable bonds is 20. The van der Waals surface area contributed by atoms with Crippen LogP contribution in [0.25, 0.3) is 0 Å². The van der Waals surface area contributed by atoms with Crippen molar-refractivity contribution in [2.24, 2.45) is 0 Å². The second kappa shape index (κ2) is 19.2. The van der Waals surface area contributed by atoms with Gasteiger partial charge >= 0.3 is 0 Å². The molecule has 0 bridgehead atoms. The molecule has 1 fully saturated rings. The van der Waals surface area contributed by atoms with Gasteiger partial charge in [0, 0.05) is 7.11 Å². The van der Waals surface area contributed by atoms with Gasteiger partial charge in [-0.1, -0.05) is 103 Å². The Bertz CT molecular complexity index is 396. The molecule has 0 aromatic rings. The van der Waals surface area contributed by atoms with Gasteiger partial charge in [-0.05, 0) is 13.0 Å². The molecular formula is C25H51NO5. The Morgan fingerprint density at radius 2 is 1.16 bits per heavy atom. The van der Waals surface area contributed by atoms with Crippen molar-refractivity contribution in [3.05, 3.63) is 0 Å². The van der Waals surface area contributed by atoms with Crippen molar-refractivity contribution in [1.82, 2.24) is 5.32 Å². The van der Waals surface area contributed by atoms with Crippen LogP contribution in [0, 0.1) is 0 Å². The summed E-state index contributed by atoms with van der Waals surface area (Å²) in [6, 6.07) is -0.487. The minimum Gasteiger partial charge on any atom is -0.394 e. The van der Waals surface area contributed by atoms with E-state index in [2.05, 4.69) is 12.2 Å². The van der Waals surface area contributed by atoms with E-state index in [9.17, 15) is 15.3 Å². The summed E-state index contributed by atoms with van der Waals surface area (Å²) >= 11 is 0. The van der Waals surface area contributed by atoms with Crippen molar-refractivity contribution in [3.63, 3.8) is 0 Å². The molecule has 0 unspecified atom stereocenters. The maximum Gasteiger partial charge on any atom is 0.175 e. The second-order valence-electron chi connectivity index (χ2n) is 9.23. The molecule has 1 aliphatic rings. The fourth-order valence-electron chi connectivity index (χ4n) is 4.44. The van der Waals surface area contributed by atoms with Crippen LogP contribution in [-0.2, 0) is 9.47 Å². The lowest BCUT2D eigenvalue weighted by Crippen LogP contribution is -2.63. The number of unbranched alkanes of at least 4 members (excludes halogenated alkanes) is 15. The maximum atomic E-state index is 10.3. The third kappa shape index (κ3) is 12.5. The molecule has 0 aliphatic carbocycles. The molecule has 6 heteroatoms. The van der Waals surface area contributed by atoms with Crippen molar-refractivity contribution in [1.29, 1.82) is 0 Å². The quantitative estimate of drug-likeness (QED) is 0.209. The first-order valence-corrected chi connectivity index (χ1v) is 13.0. The molecule has 6 nitrogen and oxygen atoms in total. The van der Waals surface area contributed by atoms with E-state index in [1.165, 1.54) is 97.0 Å². The van der Waals surface area contributed by atoms with Crippen LogP contribution in [-0.4, -0.2) is 66.2 Å². The van der Waals surface area contributed by atoms with Crippen LogP contribution in [0.1, 0.15) is 110 Å². The summed E-state index contributed by atoms with van der Waals surface area (Å²) in [6.45, 7) is 2.68. The van der Waals surface area contributed by atoms with Gasteiger partial charge in [0.1, 0.15) is 18.3 Å². The molecule has 1 aliphatic heterocycles. The molecule has 0 aromatic heterocycles. The molecule has 4 N–H and O–H groups in total. The summed E-state index contributed by atoms with van der Waals surface area (Å²) in [6.07, 6.45) is 17.9. The normalized spacial score (nSPS) is 26.4. The molecule has 1 saturated heterocycles. The van der Waals surface area contributed by atoms with Gasteiger partial charge in [0.2, 0.25) is 0 Å². The van der Waals surface area contributed by atoms with Gasteiger partial charge < -0.3 is 30.1 Å². The van der Waals surface area contributed by atoms with Crippen LogP contribution in [0.5, 0.6) is 0 Å². The zero-order valence-electron chi connectivity index (χ0n) is 20.3. The Hall–Kier alpha value is -0.240. The largest absolute Gasteiger partial charge is 0.394 e. The Labute approximate surface area is 191 Å². The molecule has 186 valence electrons. The molecule has 0 aromatic carbocycles. The van der Waals surface area contributed by atoms with E-state index < -0.39 is 30.6 Å². The number of aliphatic hydroxyl groups excluding tert-OH is 3. The van der Waals surface area contributed by atoms with E-state index in [-0.39, 0.29) is 6.61 Å². The molecular weight excluding hydrogens is 394 g/mol. The van der Waals surface area contributed by atoms with Gasteiger partial charge in [0.05, 0.1) is 12.6 Å². The minimum absolute atomic E-state index is 0.343. The molecule has 31 heavy (non-hydrogen) atoms. The zero-order chi connectivity index (χ0) is 22.7. The molecule has 1 heterocycles. The van der Waals surface area contributed by atoms with E-state index in [1.54, 1.807) is 0 Å². The van der Waals surface area contributed by atoms with Crippen molar-refractivity contribution >= 4 is 0 Å². The predicted molar refractivity (Wildman–Crippen MR) is 126 cm³/mol. The number of ether oxygens (including phenoxy) is 2. The Balaban J connectivity index is 1.91. The number of hydrogen-bond donors (Lipinski definition) is 4. The van der Waals surface area contributed by atoms with E-state index in [0.717, 1.165) is 19.4 Å². The van der Waals surface area contributed by atoms with Crippen LogP contribution in [0.4, 0.5) is 0 Å². The number of aliphatic hydroxyl groups is 3. The van der Waals surface area contributed by atoms with E-state index in [0.29, 0.717) is 0 Å². The first-order chi connectivity index (χ1) is 15.2. The first kappa shape index (κ1) is 28.8. The monoisotopic (exact) mass is 445 g/mol. The standard InChI is InChI=1S/C25H51NO5/c1-3-4-5-6-7-8-9-10-11-12-13-14-15-16-17-18-19-26-22-24(29)23(28)21(20-27)31-25(22)30-2/h21-29H,3-20H2,1-2H3/t21-,22-,23-,24-,25+/m1/s1. The highest BCUT2D eigenvalue weighted by Gasteiger charge is 2.44. The predicted octanol–water partition coefficient (Wildman–Crippen LogP) is 4.29. The van der Waals surface area contributed by atoms with Crippen molar-refractivity contribution in [2.45, 2.75) is 140 Å². The van der Waals surface area contributed by atoms with Crippen LogP contribution in [0.2, 0.25) is 0 Å². The SMILES string of the molecule is CCCCCCCCCCCCCCCCCCN[C@H]1[C@@H](OC)O[C@H](CO)[C@@H](O)[C@@H]1O. The summed E-state index contributed by atoms with van der Waals surface area (Å²) < 4.78 is 10.8. The van der Waals surface area contributed by atoms with Gasteiger partial charge in [-0.3, -0.25) is 0 Å². The van der Waals surface area contributed by atoms with Crippen molar-refractivity contribution in [2.75, 3.05) is 20.3 Å². The Morgan fingerprint density at radius 3 is 1.58 bits per heavy atom. The summed E-state index contributed by atoms with van der Waals surface area (Å²) in [7, 11) is 1.51. The lowest BCUT2D eigenvalue weighted by Gasteiger charge is -2.42. The van der Waals surface area contributed by atoms with Crippen LogP contribution >= 0.6 is 0 Å². The molecule has 5 atom stereocenters. The molecule has 0 spiro atoms. The number of nitrogens with one attached hydrogen (secondary N) is 1. The summed E-state index contributed by atoms with van der Waals surface area (Å²) in [5.74, 6) is 0. The van der Waals surface area contributed by atoms with Crippen LogP contribution < -0.4 is 5.32 Å². The van der Waals surface area contributed by atoms with Crippen LogP contribution in [0.15, 0.2) is 0 Å². The number of hydrogen-bond acceptors (Lipinski definition) is 6. The Kier molecular flexibility index (Phi) is 17.9. The van der Waals surface area contributed by atoms with Gasteiger partial charge in [-0.2, -0.15) is 0 Å². The lowest BCUT2D eigenvalue weighted by atomic mass is 9.97. The molecule has 0 saturated carbocycles. The second-order valence-corrected chi connectivity index (χ2v) is 9.23. The smallest absolute Gasteiger partial charge is 0.175 e. The highest BCUT2D eigenvalue weighted by Crippen LogP contribution is 2.22. The maximum absolute atomic E-state index is 10.3. The zero-order valence-corrected chi connectivity index (χ0v) is 20.3. The average molecular weight is 446 g/mol. The number of methoxy groups -OCH3 is 1. The van der Waals surface area contributed by atoms with Gasteiger partial charge in [0.15, 0.2) is 6.29 Å².